The number of hydrogen-bond acceptors (Lipinski definition) is 7. The topological polar surface area (TPSA) is 139 Å². The fourth-order valence-corrected chi connectivity index (χ4v) is 4.98. The molecular formula is C27H27N7O3. The third kappa shape index (κ3) is 4.29. The Hall–Kier alpha value is -4.31. The Labute approximate surface area is 213 Å². The van der Waals surface area contributed by atoms with Gasteiger partial charge >= 0.3 is 0 Å². The number of anilines is 2. The van der Waals surface area contributed by atoms with Crippen molar-refractivity contribution in [2.24, 2.45) is 0 Å². The van der Waals surface area contributed by atoms with E-state index in [2.05, 4.69) is 15.3 Å². The lowest BCUT2D eigenvalue weighted by Gasteiger charge is -2.33. The van der Waals surface area contributed by atoms with Gasteiger partial charge in [0.1, 0.15) is 34.3 Å². The van der Waals surface area contributed by atoms with Crippen LogP contribution in [0.15, 0.2) is 61.1 Å². The van der Waals surface area contributed by atoms with Crippen molar-refractivity contribution in [3.05, 3.63) is 72.4 Å². The molecule has 4 N–H and O–H groups in total. The number of imidazole rings is 1. The van der Waals surface area contributed by atoms with E-state index in [9.17, 15) is 14.7 Å². The number of aliphatic hydroxyl groups is 1. The number of fused-ring (bicyclic) bond motifs is 1. The zero-order valence-electron chi connectivity index (χ0n) is 20.2. The van der Waals surface area contributed by atoms with Crippen LogP contribution in [0.1, 0.15) is 47.8 Å². The van der Waals surface area contributed by atoms with Crippen molar-refractivity contribution >= 4 is 29.0 Å². The highest BCUT2D eigenvalue weighted by Crippen LogP contribution is 2.39. The third-order valence-electron chi connectivity index (χ3n) is 7.13. The number of nitrogen functional groups attached to an aromatic ring is 1. The van der Waals surface area contributed by atoms with Crippen LogP contribution in [0, 0.1) is 0 Å². The molecule has 0 bridgehead atoms. The van der Waals surface area contributed by atoms with Crippen LogP contribution in [-0.2, 0) is 4.79 Å². The van der Waals surface area contributed by atoms with Crippen LogP contribution in [0.5, 0.6) is 0 Å². The molecule has 1 aliphatic carbocycles. The van der Waals surface area contributed by atoms with Gasteiger partial charge in [0.2, 0.25) is 0 Å². The summed E-state index contributed by atoms with van der Waals surface area (Å²) in [5, 5.41) is 13.1. The molecule has 1 atom stereocenters. The molecule has 188 valence electrons. The molecule has 6 rings (SSSR count). The summed E-state index contributed by atoms with van der Waals surface area (Å²) in [7, 11) is 0. The highest BCUT2D eigenvalue weighted by Gasteiger charge is 2.50. The second-order valence-corrected chi connectivity index (χ2v) is 9.72. The van der Waals surface area contributed by atoms with Crippen LogP contribution in [0.2, 0.25) is 0 Å². The maximum absolute atomic E-state index is 12.8. The number of carbonyl (C=O) groups is 2. The number of benzene rings is 1. The Morgan fingerprint density at radius 2 is 1.89 bits per heavy atom. The number of aromatic nitrogens is 4. The molecule has 0 spiro atoms. The van der Waals surface area contributed by atoms with E-state index >= 15 is 0 Å². The van der Waals surface area contributed by atoms with Gasteiger partial charge in [0.15, 0.2) is 0 Å². The quantitative estimate of drug-likeness (QED) is 0.385. The van der Waals surface area contributed by atoms with Gasteiger partial charge < -0.3 is 21.1 Å². The van der Waals surface area contributed by atoms with E-state index in [0.29, 0.717) is 54.3 Å². The van der Waals surface area contributed by atoms with E-state index in [0.717, 1.165) is 24.2 Å². The van der Waals surface area contributed by atoms with Gasteiger partial charge in [-0.15, -0.1) is 0 Å². The Bertz CT molecular complexity index is 1480. The summed E-state index contributed by atoms with van der Waals surface area (Å²) in [6.45, 7) is 1.13. The van der Waals surface area contributed by atoms with Gasteiger partial charge in [0, 0.05) is 48.7 Å². The molecular weight excluding hydrogens is 470 g/mol. The van der Waals surface area contributed by atoms with Gasteiger partial charge in [0.05, 0.1) is 0 Å². The van der Waals surface area contributed by atoms with Crippen molar-refractivity contribution in [1.82, 2.24) is 24.3 Å². The predicted octanol–water partition coefficient (Wildman–Crippen LogP) is 2.86. The summed E-state index contributed by atoms with van der Waals surface area (Å²) < 4.78 is 1.95. The molecule has 4 heterocycles. The number of nitrogens with zero attached hydrogens (tertiary/aromatic N) is 5. The summed E-state index contributed by atoms with van der Waals surface area (Å²) in [5.74, 6) is 1.19. The van der Waals surface area contributed by atoms with Gasteiger partial charge in [-0.05, 0) is 49.9 Å². The fourth-order valence-electron chi connectivity index (χ4n) is 4.98. The van der Waals surface area contributed by atoms with Crippen molar-refractivity contribution in [3.8, 4) is 11.3 Å². The van der Waals surface area contributed by atoms with E-state index in [1.165, 1.54) is 0 Å². The van der Waals surface area contributed by atoms with Crippen molar-refractivity contribution in [2.45, 2.75) is 37.2 Å². The van der Waals surface area contributed by atoms with Crippen molar-refractivity contribution in [1.29, 1.82) is 0 Å². The van der Waals surface area contributed by atoms with E-state index in [4.69, 9.17) is 10.7 Å². The SMILES string of the molecule is Nc1nccn2c([C@@H]3CCCN(C(=O)C4(O)CC4)C3)nc(-c3ccc(C(=O)Nc4ccccn4)cc3)c12. The van der Waals surface area contributed by atoms with Crippen LogP contribution >= 0.6 is 0 Å². The van der Waals surface area contributed by atoms with Crippen LogP contribution in [0.4, 0.5) is 11.6 Å². The van der Waals surface area contributed by atoms with Crippen molar-refractivity contribution in [3.63, 3.8) is 0 Å². The van der Waals surface area contributed by atoms with Gasteiger partial charge in [0.25, 0.3) is 11.8 Å². The summed E-state index contributed by atoms with van der Waals surface area (Å²) >= 11 is 0. The van der Waals surface area contributed by atoms with Crippen LogP contribution < -0.4 is 11.1 Å². The number of piperidine rings is 1. The number of hydrogen-bond donors (Lipinski definition) is 3. The van der Waals surface area contributed by atoms with Gasteiger partial charge in [-0.3, -0.25) is 14.0 Å². The van der Waals surface area contributed by atoms with Crippen molar-refractivity contribution < 1.29 is 14.7 Å². The van der Waals surface area contributed by atoms with E-state index in [1.54, 1.807) is 47.6 Å². The summed E-state index contributed by atoms with van der Waals surface area (Å²) in [5.41, 5.74) is 7.77. The molecule has 0 unspecified atom stereocenters. The van der Waals surface area contributed by atoms with Gasteiger partial charge in [-0.25, -0.2) is 15.0 Å². The average molecular weight is 498 g/mol. The second-order valence-electron chi connectivity index (χ2n) is 9.72. The molecule has 1 aromatic carbocycles. The molecule has 37 heavy (non-hydrogen) atoms. The lowest BCUT2D eigenvalue weighted by Crippen LogP contribution is -2.45. The van der Waals surface area contributed by atoms with Gasteiger partial charge in [-0.2, -0.15) is 0 Å². The Morgan fingerprint density at radius 3 is 2.62 bits per heavy atom. The third-order valence-corrected chi connectivity index (χ3v) is 7.13. The fraction of sp³-hybridized carbons (Fsp3) is 0.296. The minimum absolute atomic E-state index is 0.00785. The zero-order chi connectivity index (χ0) is 25.6. The minimum Gasteiger partial charge on any atom is -0.382 e. The van der Waals surface area contributed by atoms with E-state index in [1.807, 2.05) is 22.7 Å². The summed E-state index contributed by atoms with van der Waals surface area (Å²) in [6, 6.07) is 12.5. The normalized spacial score (nSPS) is 18.5. The van der Waals surface area contributed by atoms with E-state index < -0.39 is 5.60 Å². The maximum Gasteiger partial charge on any atom is 0.256 e. The zero-order valence-corrected chi connectivity index (χ0v) is 20.2. The maximum atomic E-state index is 12.8. The number of rotatable bonds is 5. The van der Waals surface area contributed by atoms with Gasteiger partial charge in [-0.1, -0.05) is 18.2 Å². The largest absolute Gasteiger partial charge is 0.382 e. The smallest absolute Gasteiger partial charge is 0.256 e. The molecule has 2 aliphatic rings. The summed E-state index contributed by atoms with van der Waals surface area (Å²) in [4.78, 5) is 40.6. The first-order valence-corrected chi connectivity index (χ1v) is 12.4. The molecule has 2 fully saturated rings. The minimum atomic E-state index is -1.18. The number of likely N-dealkylation sites (tertiary alicyclic amines) is 1. The van der Waals surface area contributed by atoms with Crippen molar-refractivity contribution in [2.75, 3.05) is 24.1 Å². The molecule has 0 radical (unpaired) electrons. The first kappa shape index (κ1) is 23.1. The van der Waals surface area contributed by atoms with Crippen LogP contribution in [-0.4, -0.2) is 59.9 Å². The van der Waals surface area contributed by atoms with E-state index in [-0.39, 0.29) is 17.7 Å². The molecule has 10 heteroatoms. The first-order chi connectivity index (χ1) is 17.9. The molecule has 1 saturated carbocycles. The predicted molar refractivity (Wildman–Crippen MR) is 138 cm³/mol. The van der Waals surface area contributed by atoms with Crippen LogP contribution in [0.3, 0.4) is 0 Å². The Morgan fingerprint density at radius 1 is 1.08 bits per heavy atom. The standard InChI is InChI=1S/C27H27N7O3/c28-23-22-21(17-6-8-18(9-7-17)25(35)31-20-5-1-2-12-29-20)32-24(34(22)15-13-30-23)19-4-3-14-33(16-19)26(36)27(37)10-11-27/h1-2,5-9,12-13,15,19,37H,3-4,10-11,14,16H2,(H2,28,30)(H,29,31,35)/t19-/m1/s1. The van der Waals surface area contributed by atoms with Crippen LogP contribution in [0.25, 0.3) is 16.8 Å². The number of pyridine rings is 1. The molecule has 10 nitrogen and oxygen atoms in total. The number of carbonyl (C=O) groups excluding carboxylic acids is 2. The molecule has 1 aliphatic heterocycles. The average Bonchev–Trinajstić information content (AvgIpc) is 3.56. The highest BCUT2D eigenvalue weighted by atomic mass is 16.3. The summed E-state index contributed by atoms with van der Waals surface area (Å²) in [6.07, 6.45) is 7.85. The number of nitrogens with one attached hydrogen (secondary N) is 1. The highest BCUT2D eigenvalue weighted by molar-refractivity contribution is 6.04. The molecule has 2 amide bonds. The molecule has 1 saturated heterocycles. The second kappa shape index (κ2) is 8.97. The first-order valence-electron chi connectivity index (χ1n) is 12.4. The monoisotopic (exact) mass is 497 g/mol. The Kier molecular flexibility index (Phi) is 5.60. The molecule has 4 aromatic rings. The lowest BCUT2D eigenvalue weighted by atomic mass is 9.96. The molecule has 3 aromatic heterocycles. The lowest BCUT2D eigenvalue weighted by molar-refractivity contribution is -0.143. The number of nitrogens with two attached hydrogens (primary N) is 1. The Balaban J connectivity index is 1.30. The number of amides is 2.